The molecule has 2 saturated heterocycles. The Morgan fingerprint density at radius 2 is 1.63 bits per heavy atom. The lowest BCUT2D eigenvalue weighted by Gasteiger charge is -2.38. The SMILES string of the molecule is Cc1ccccc1N1CCN(c2ccc(C(=O)N3CCOCC3)cc2NC(=O)c2coc(C3CC3)n2)CC1. The van der Waals surface area contributed by atoms with Gasteiger partial charge in [-0.2, -0.15) is 0 Å². The molecule has 3 aromatic rings. The van der Waals surface area contributed by atoms with Crippen molar-refractivity contribution in [1.82, 2.24) is 9.88 Å². The number of para-hydroxylation sites is 1. The maximum Gasteiger partial charge on any atom is 0.277 e. The van der Waals surface area contributed by atoms with Gasteiger partial charge in [-0.15, -0.1) is 0 Å². The molecule has 2 amide bonds. The lowest BCUT2D eigenvalue weighted by atomic mass is 10.1. The van der Waals surface area contributed by atoms with E-state index in [-0.39, 0.29) is 17.5 Å². The zero-order valence-electron chi connectivity index (χ0n) is 21.7. The third-order valence-electron chi connectivity index (χ3n) is 7.55. The van der Waals surface area contributed by atoms with E-state index in [0.717, 1.165) is 44.7 Å². The molecule has 3 aliphatic rings. The van der Waals surface area contributed by atoms with Crippen molar-refractivity contribution in [2.45, 2.75) is 25.7 Å². The first kappa shape index (κ1) is 24.5. The summed E-state index contributed by atoms with van der Waals surface area (Å²) in [5.41, 5.74) is 4.82. The molecule has 2 aromatic carbocycles. The predicted octanol–water partition coefficient (Wildman–Crippen LogP) is 3.91. The van der Waals surface area contributed by atoms with E-state index in [1.165, 1.54) is 17.5 Å². The molecular formula is C29H33N5O4. The molecule has 1 aliphatic carbocycles. The van der Waals surface area contributed by atoms with Crippen molar-refractivity contribution >= 4 is 28.9 Å². The fourth-order valence-corrected chi connectivity index (χ4v) is 5.20. The van der Waals surface area contributed by atoms with E-state index >= 15 is 0 Å². The summed E-state index contributed by atoms with van der Waals surface area (Å²) in [6, 6.07) is 14.0. The van der Waals surface area contributed by atoms with Crippen LogP contribution in [0.3, 0.4) is 0 Å². The van der Waals surface area contributed by atoms with Crippen LogP contribution in [0.4, 0.5) is 17.1 Å². The summed E-state index contributed by atoms with van der Waals surface area (Å²) in [5.74, 6) is 0.554. The van der Waals surface area contributed by atoms with Crippen LogP contribution in [0.15, 0.2) is 53.1 Å². The molecule has 38 heavy (non-hydrogen) atoms. The smallest absolute Gasteiger partial charge is 0.277 e. The fourth-order valence-electron chi connectivity index (χ4n) is 5.20. The van der Waals surface area contributed by atoms with Gasteiger partial charge in [0.05, 0.1) is 24.6 Å². The number of benzene rings is 2. The number of amides is 2. The van der Waals surface area contributed by atoms with Gasteiger partial charge in [-0.05, 0) is 49.6 Å². The van der Waals surface area contributed by atoms with E-state index in [9.17, 15) is 9.59 Å². The number of ether oxygens (including phenoxy) is 1. The Bertz CT molecular complexity index is 1320. The molecule has 9 heteroatoms. The molecular weight excluding hydrogens is 482 g/mol. The minimum Gasteiger partial charge on any atom is -0.448 e. The van der Waals surface area contributed by atoms with Crippen molar-refractivity contribution in [3.63, 3.8) is 0 Å². The number of hydrogen-bond acceptors (Lipinski definition) is 7. The molecule has 0 radical (unpaired) electrons. The van der Waals surface area contributed by atoms with E-state index < -0.39 is 0 Å². The fraction of sp³-hybridized carbons (Fsp3) is 0.414. The second-order valence-electron chi connectivity index (χ2n) is 10.2. The first-order chi connectivity index (χ1) is 18.6. The van der Waals surface area contributed by atoms with Crippen LogP contribution in [0.2, 0.25) is 0 Å². The monoisotopic (exact) mass is 515 g/mol. The second kappa shape index (κ2) is 10.5. The molecule has 0 atom stereocenters. The molecule has 1 saturated carbocycles. The number of carbonyl (C=O) groups is 2. The molecule has 1 aromatic heterocycles. The Morgan fingerprint density at radius 3 is 2.34 bits per heavy atom. The average molecular weight is 516 g/mol. The van der Waals surface area contributed by atoms with Crippen LogP contribution in [0, 0.1) is 6.92 Å². The number of hydrogen-bond donors (Lipinski definition) is 1. The summed E-state index contributed by atoms with van der Waals surface area (Å²) in [7, 11) is 0. The third kappa shape index (κ3) is 5.11. The molecule has 1 N–H and O–H groups in total. The number of piperazine rings is 1. The number of aryl methyl sites for hydroxylation is 1. The molecule has 3 fully saturated rings. The number of nitrogens with zero attached hydrogens (tertiary/aromatic N) is 4. The summed E-state index contributed by atoms with van der Waals surface area (Å²) < 4.78 is 10.9. The van der Waals surface area contributed by atoms with Gasteiger partial charge in [0.15, 0.2) is 11.6 Å². The van der Waals surface area contributed by atoms with Crippen molar-refractivity contribution in [3.05, 3.63) is 71.4 Å². The predicted molar refractivity (Wildman–Crippen MR) is 145 cm³/mol. The first-order valence-corrected chi connectivity index (χ1v) is 13.4. The quantitative estimate of drug-likeness (QED) is 0.532. The third-order valence-corrected chi connectivity index (χ3v) is 7.55. The van der Waals surface area contributed by atoms with Gasteiger partial charge >= 0.3 is 0 Å². The van der Waals surface area contributed by atoms with Crippen molar-refractivity contribution < 1.29 is 18.7 Å². The minimum absolute atomic E-state index is 0.0582. The molecule has 0 unspecified atom stereocenters. The highest BCUT2D eigenvalue weighted by Crippen LogP contribution is 2.39. The number of rotatable bonds is 6. The molecule has 9 nitrogen and oxygen atoms in total. The second-order valence-corrected chi connectivity index (χ2v) is 10.2. The van der Waals surface area contributed by atoms with Gasteiger partial charge in [0, 0.05) is 56.4 Å². The number of aromatic nitrogens is 1. The van der Waals surface area contributed by atoms with Gasteiger partial charge in [0.25, 0.3) is 11.8 Å². The zero-order valence-corrected chi connectivity index (χ0v) is 21.7. The number of morpholine rings is 1. The summed E-state index contributed by atoms with van der Waals surface area (Å²) in [4.78, 5) is 37.3. The van der Waals surface area contributed by atoms with Crippen LogP contribution in [0.25, 0.3) is 0 Å². The number of anilines is 3. The van der Waals surface area contributed by atoms with Crippen LogP contribution in [-0.2, 0) is 4.74 Å². The van der Waals surface area contributed by atoms with Gasteiger partial charge in [0.2, 0.25) is 0 Å². The Hall–Kier alpha value is -3.85. The highest BCUT2D eigenvalue weighted by molar-refractivity contribution is 6.06. The number of nitrogens with one attached hydrogen (secondary N) is 1. The van der Waals surface area contributed by atoms with Crippen LogP contribution >= 0.6 is 0 Å². The van der Waals surface area contributed by atoms with Crippen LogP contribution < -0.4 is 15.1 Å². The maximum absolute atomic E-state index is 13.2. The highest BCUT2D eigenvalue weighted by atomic mass is 16.5. The Morgan fingerprint density at radius 1 is 0.921 bits per heavy atom. The van der Waals surface area contributed by atoms with E-state index in [0.29, 0.717) is 49.4 Å². The number of carbonyl (C=O) groups excluding carboxylic acids is 2. The Labute approximate surface area is 222 Å². The Kier molecular flexibility index (Phi) is 6.76. The summed E-state index contributed by atoms with van der Waals surface area (Å²) in [6.45, 7) is 7.65. The van der Waals surface area contributed by atoms with Crippen molar-refractivity contribution in [2.75, 3.05) is 67.6 Å². The molecule has 6 rings (SSSR count). The van der Waals surface area contributed by atoms with Crippen LogP contribution in [-0.4, -0.2) is 74.2 Å². The van der Waals surface area contributed by atoms with Crippen molar-refractivity contribution in [2.24, 2.45) is 0 Å². The summed E-state index contributed by atoms with van der Waals surface area (Å²) in [6.07, 6.45) is 3.52. The van der Waals surface area contributed by atoms with E-state index in [1.54, 1.807) is 11.0 Å². The lowest BCUT2D eigenvalue weighted by Crippen LogP contribution is -2.47. The lowest BCUT2D eigenvalue weighted by molar-refractivity contribution is 0.0303. The molecule has 2 aliphatic heterocycles. The Balaban J connectivity index is 1.24. The minimum atomic E-state index is -0.337. The van der Waals surface area contributed by atoms with Gasteiger partial charge in [-0.3, -0.25) is 9.59 Å². The van der Waals surface area contributed by atoms with Crippen molar-refractivity contribution in [3.8, 4) is 0 Å². The average Bonchev–Trinajstić information content (AvgIpc) is 3.69. The zero-order chi connectivity index (χ0) is 26.1. The summed E-state index contributed by atoms with van der Waals surface area (Å²) >= 11 is 0. The van der Waals surface area contributed by atoms with E-state index in [2.05, 4.69) is 51.3 Å². The highest BCUT2D eigenvalue weighted by Gasteiger charge is 2.30. The standard InChI is InChI=1S/C29H33N5O4/c1-20-4-2-3-5-25(20)32-10-12-33(13-11-32)26-9-8-22(29(36)34-14-16-37-17-15-34)18-23(26)30-27(35)24-19-38-28(31-24)21-6-7-21/h2-5,8-9,18-19,21H,6-7,10-17H2,1H3,(H,30,35). The molecule has 0 bridgehead atoms. The maximum atomic E-state index is 13.2. The first-order valence-electron chi connectivity index (χ1n) is 13.4. The summed E-state index contributed by atoms with van der Waals surface area (Å²) in [5, 5.41) is 3.03. The van der Waals surface area contributed by atoms with Gasteiger partial charge < -0.3 is 29.2 Å². The van der Waals surface area contributed by atoms with E-state index in [1.807, 2.05) is 12.1 Å². The molecule has 0 spiro atoms. The van der Waals surface area contributed by atoms with Gasteiger partial charge in [0.1, 0.15) is 6.26 Å². The van der Waals surface area contributed by atoms with Gasteiger partial charge in [-0.25, -0.2) is 4.98 Å². The molecule has 198 valence electrons. The van der Waals surface area contributed by atoms with Crippen LogP contribution in [0.1, 0.15) is 51.1 Å². The molecule has 3 heterocycles. The van der Waals surface area contributed by atoms with Gasteiger partial charge in [-0.1, -0.05) is 18.2 Å². The largest absolute Gasteiger partial charge is 0.448 e. The van der Waals surface area contributed by atoms with E-state index in [4.69, 9.17) is 9.15 Å². The normalized spacial score (nSPS) is 18.0. The number of oxazole rings is 1. The topological polar surface area (TPSA) is 91.2 Å². The van der Waals surface area contributed by atoms with Crippen LogP contribution in [0.5, 0.6) is 0 Å². The van der Waals surface area contributed by atoms with Crippen molar-refractivity contribution in [1.29, 1.82) is 0 Å².